The Bertz CT molecular complexity index is 643. The molecule has 0 saturated carbocycles. The van der Waals surface area contributed by atoms with Crippen molar-refractivity contribution < 1.29 is 14.7 Å². The Labute approximate surface area is 117 Å². The third-order valence-electron chi connectivity index (χ3n) is 3.07. The third kappa shape index (κ3) is 3.38. The first-order valence-electron chi connectivity index (χ1n) is 6.44. The van der Waals surface area contributed by atoms with Crippen LogP contribution in [0.3, 0.4) is 0 Å². The molecule has 1 amide bonds. The summed E-state index contributed by atoms with van der Waals surface area (Å²) in [5, 5.41) is 12.6. The molecule has 0 fully saturated rings. The molecule has 20 heavy (non-hydrogen) atoms. The topological polar surface area (TPSA) is 71.3 Å². The molecule has 106 valence electrons. The van der Waals surface area contributed by atoms with Gasteiger partial charge in [0.05, 0.1) is 6.42 Å². The van der Waals surface area contributed by atoms with Gasteiger partial charge in [-0.15, -0.1) is 0 Å². The minimum atomic E-state index is -0.929. The maximum atomic E-state index is 12.0. The molecule has 1 aromatic carbocycles. The van der Waals surface area contributed by atoms with Gasteiger partial charge in [0.15, 0.2) is 0 Å². The first-order chi connectivity index (χ1) is 9.37. The number of aliphatic carboxylic acids is 1. The molecule has 5 nitrogen and oxygen atoms in total. The van der Waals surface area contributed by atoms with E-state index >= 15 is 0 Å². The number of rotatable bonds is 5. The number of carbonyl (C=O) groups is 2. The Morgan fingerprint density at radius 2 is 1.95 bits per heavy atom. The predicted octanol–water partition coefficient (Wildman–Crippen LogP) is 2.01. The molecule has 0 radical (unpaired) electrons. The van der Waals surface area contributed by atoms with Crippen LogP contribution >= 0.6 is 0 Å². The van der Waals surface area contributed by atoms with Gasteiger partial charge in [0.1, 0.15) is 6.54 Å². The number of carbonyl (C=O) groups excluding carboxylic acids is 1. The van der Waals surface area contributed by atoms with Gasteiger partial charge in [0.2, 0.25) is 5.91 Å². The normalized spacial score (nSPS) is 11.5. The van der Waals surface area contributed by atoms with Crippen molar-refractivity contribution in [3.8, 4) is 0 Å². The molecule has 2 N–H and O–H groups in total. The number of aromatic nitrogens is 1. The van der Waals surface area contributed by atoms with E-state index in [4.69, 9.17) is 5.11 Å². The van der Waals surface area contributed by atoms with Gasteiger partial charge in [0, 0.05) is 17.3 Å². The summed E-state index contributed by atoms with van der Waals surface area (Å²) in [5.41, 5.74) is 0.227. The molecule has 0 aliphatic rings. The van der Waals surface area contributed by atoms with Gasteiger partial charge in [-0.25, -0.2) is 0 Å². The van der Waals surface area contributed by atoms with Crippen LogP contribution in [0.4, 0.5) is 0 Å². The van der Waals surface area contributed by atoms with Crippen LogP contribution in [0, 0.1) is 0 Å². The molecule has 0 spiro atoms. The fourth-order valence-electron chi connectivity index (χ4n) is 2.27. The second-order valence-corrected chi connectivity index (χ2v) is 5.51. The van der Waals surface area contributed by atoms with E-state index in [0.717, 1.165) is 10.9 Å². The van der Waals surface area contributed by atoms with Crippen LogP contribution in [0.25, 0.3) is 10.9 Å². The van der Waals surface area contributed by atoms with Gasteiger partial charge in [-0.05, 0) is 31.4 Å². The van der Waals surface area contributed by atoms with Crippen molar-refractivity contribution in [2.75, 3.05) is 0 Å². The molecular formula is C15H18N2O3. The van der Waals surface area contributed by atoms with Crippen molar-refractivity contribution >= 4 is 22.8 Å². The van der Waals surface area contributed by atoms with Crippen LogP contribution in [0.2, 0.25) is 0 Å². The maximum Gasteiger partial charge on any atom is 0.305 e. The van der Waals surface area contributed by atoms with E-state index in [2.05, 4.69) is 5.32 Å². The standard InChI is InChI=1S/C15H18N2O3/c1-15(2,9-14(19)20)16-13(18)10-17-8-7-11-5-3-4-6-12(11)17/h3-8H,9-10H2,1-2H3,(H,16,18)(H,19,20). The summed E-state index contributed by atoms with van der Waals surface area (Å²) in [6.07, 6.45) is 1.75. The van der Waals surface area contributed by atoms with Crippen molar-refractivity contribution in [2.24, 2.45) is 0 Å². The summed E-state index contributed by atoms with van der Waals surface area (Å²) in [5.74, 6) is -1.13. The van der Waals surface area contributed by atoms with Crippen LogP contribution in [0.1, 0.15) is 20.3 Å². The lowest BCUT2D eigenvalue weighted by atomic mass is 10.0. The van der Waals surface area contributed by atoms with Crippen LogP contribution < -0.4 is 5.32 Å². The lowest BCUT2D eigenvalue weighted by molar-refractivity contribution is -0.138. The van der Waals surface area contributed by atoms with Gasteiger partial charge >= 0.3 is 5.97 Å². The van der Waals surface area contributed by atoms with Crippen LogP contribution in [0.5, 0.6) is 0 Å². The van der Waals surface area contributed by atoms with Gasteiger partial charge in [0.25, 0.3) is 0 Å². The molecule has 0 saturated heterocycles. The van der Waals surface area contributed by atoms with Crippen LogP contribution in [-0.2, 0) is 16.1 Å². The zero-order valence-electron chi connectivity index (χ0n) is 11.6. The number of benzene rings is 1. The molecule has 1 heterocycles. The lowest BCUT2D eigenvalue weighted by Gasteiger charge is -2.24. The molecule has 0 aliphatic heterocycles. The highest BCUT2D eigenvalue weighted by Crippen LogP contribution is 2.15. The highest BCUT2D eigenvalue weighted by molar-refractivity contribution is 5.83. The van der Waals surface area contributed by atoms with Crippen molar-refractivity contribution in [2.45, 2.75) is 32.4 Å². The van der Waals surface area contributed by atoms with Crippen molar-refractivity contribution in [3.05, 3.63) is 36.5 Å². The third-order valence-corrected chi connectivity index (χ3v) is 3.07. The van der Waals surface area contributed by atoms with Crippen molar-refractivity contribution in [1.82, 2.24) is 9.88 Å². The quantitative estimate of drug-likeness (QED) is 0.876. The maximum absolute atomic E-state index is 12.0. The summed E-state index contributed by atoms with van der Waals surface area (Å²) < 4.78 is 1.85. The van der Waals surface area contributed by atoms with E-state index < -0.39 is 11.5 Å². The number of para-hydroxylation sites is 1. The number of carboxylic acid groups (broad SMARTS) is 1. The number of nitrogens with one attached hydrogen (secondary N) is 1. The smallest absolute Gasteiger partial charge is 0.305 e. The van der Waals surface area contributed by atoms with Crippen molar-refractivity contribution in [3.63, 3.8) is 0 Å². The van der Waals surface area contributed by atoms with Gasteiger partial charge in [-0.3, -0.25) is 9.59 Å². The fraction of sp³-hybridized carbons (Fsp3) is 0.333. The fourth-order valence-corrected chi connectivity index (χ4v) is 2.27. The molecule has 5 heteroatoms. The average Bonchev–Trinajstić information content (AvgIpc) is 2.70. The summed E-state index contributed by atoms with van der Waals surface area (Å²) in [6, 6.07) is 9.75. The first kappa shape index (κ1) is 14.1. The number of carboxylic acids is 1. The molecule has 0 bridgehead atoms. The SMILES string of the molecule is CC(C)(CC(=O)O)NC(=O)Cn1ccc2ccccc21. The monoisotopic (exact) mass is 274 g/mol. The molecule has 0 unspecified atom stereocenters. The Kier molecular flexibility index (Phi) is 3.79. The van der Waals surface area contributed by atoms with E-state index in [1.807, 2.05) is 41.1 Å². The largest absolute Gasteiger partial charge is 0.481 e. The van der Waals surface area contributed by atoms with Crippen molar-refractivity contribution in [1.29, 1.82) is 0 Å². The Morgan fingerprint density at radius 3 is 2.65 bits per heavy atom. The number of hydrogen-bond acceptors (Lipinski definition) is 2. The van der Waals surface area contributed by atoms with E-state index in [9.17, 15) is 9.59 Å². The zero-order valence-corrected chi connectivity index (χ0v) is 11.6. The minimum absolute atomic E-state index is 0.106. The second-order valence-electron chi connectivity index (χ2n) is 5.51. The summed E-state index contributed by atoms with van der Waals surface area (Å²) in [4.78, 5) is 22.8. The molecule has 0 aliphatic carbocycles. The summed E-state index contributed by atoms with van der Waals surface area (Å²) >= 11 is 0. The molecular weight excluding hydrogens is 256 g/mol. The van der Waals surface area contributed by atoms with Gasteiger partial charge in [-0.2, -0.15) is 0 Å². The van der Waals surface area contributed by atoms with E-state index in [1.54, 1.807) is 13.8 Å². The van der Waals surface area contributed by atoms with E-state index in [1.165, 1.54) is 0 Å². The molecule has 2 aromatic rings. The number of fused-ring (bicyclic) bond motifs is 1. The molecule has 1 aromatic heterocycles. The number of amides is 1. The summed E-state index contributed by atoms with van der Waals surface area (Å²) in [7, 11) is 0. The van der Waals surface area contributed by atoms with E-state index in [-0.39, 0.29) is 18.9 Å². The molecule has 2 rings (SSSR count). The van der Waals surface area contributed by atoms with Crippen LogP contribution in [-0.4, -0.2) is 27.1 Å². The Morgan fingerprint density at radius 1 is 1.25 bits per heavy atom. The number of hydrogen-bond donors (Lipinski definition) is 2. The Balaban J connectivity index is 2.06. The average molecular weight is 274 g/mol. The number of nitrogens with zero attached hydrogens (tertiary/aromatic N) is 1. The molecule has 0 atom stereocenters. The highest BCUT2D eigenvalue weighted by atomic mass is 16.4. The van der Waals surface area contributed by atoms with E-state index in [0.29, 0.717) is 0 Å². The second kappa shape index (κ2) is 5.36. The van der Waals surface area contributed by atoms with Gasteiger partial charge < -0.3 is 15.0 Å². The van der Waals surface area contributed by atoms with Gasteiger partial charge in [-0.1, -0.05) is 18.2 Å². The first-order valence-corrected chi connectivity index (χ1v) is 6.44. The highest BCUT2D eigenvalue weighted by Gasteiger charge is 2.23. The lowest BCUT2D eigenvalue weighted by Crippen LogP contribution is -2.46. The minimum Gasteiger partial charge on any atom is -0.481 e. The Hall–Kier alpha value is -2.30. The zero-order chi connectivity index (χ0) is 14.8. The van der Waals surface area contributed by atoms with Crippen LogP contribution in [0.15, 0.2) is 36.5 Å². The summed E-state index contributed by atoms with van der Waals surface area (Å²) in [6.45, 7) is 3.58. The predicted molar refractivity (Wildman–Crippen MR) is 76.4 cm³/mol.